The number of esters is 1. The van der Waals surface area contributed by atoms with Gasteiger partial charge in [-0.05, 0) is 35.9 Å². The number of benzene rings is 2. The molecule has 2 rings (SSSR count). The smallest absolute Gasteiger partial charge is 0.337 e. The third-order valence-corrected chi connectivity index (χ3v) is 3.15. The van der Waals surface area contributed by atoms with Crippen LogP contribution in [0.25, 0.3) is 0 Å². The molecule has 0 saturated heterocycles. The number of carbonyl (C=O) groups excluding carboxylic acids is 2. The number of rotatable bonds is 6. The molecule has 122 valence electrons. The first-order valence-corrected chi connectivity index (χ1v) is 7.19. The fourth-order valence-electron chi connectivity index (χ4n) is 1.97. The SMILES string of the molecule is COC(=O)c1cccc(OCC(=O)Nc2ccc(CC#N)cc2)c1. The number of methoxy groups -OCH3 is 1. The summed E-state index contributed by atoms with van der Waals surface area (Å²) < 4.78 is 10.0. The molecule has 1 N–H and O–H groups in total. The van der Waals surface area contributed by atoms with Crippen LogP contribution in [0.5, 0.6) is 5.75 Å². The molecule has 0 aliphatic heterocycles. The molecule has 2 aromatic rings. The maximum atomic E-state index is 11.9. The van der Waals surface area contributed by atoms with Crippen LogP contribution in [0.1, 0.15) is 15.9 Å². The Morgan fingerprint density at radius 1 is 1.17 bits per heavy atom. The Morgan fingerprint density at radius 2 is 1.92 bits per heavy atom. The first-order chi connectivity index (χ1) is 11.6. The quantitative estimate of drug-likeness (QED) is 0.825. The molecule has 1 amide bonds. The van der Waals surface area contributed by atoms with E-state index in [1.807, 2.05) is 0 Å². The molecule has 0 bridgehead atoms. The number of nitriles is 1. The van der Waals surface area contributed by atoms with E-state index in [9.17, 15) is 9.59 Å². The Labute approximate surface area is 139 Å². The summed E-state index contributed by atoms with van der Waals surface area (Å²) in [7, 11) is 1.30. The summed E-state index contributed by atoms with van der Waals surface area (Å²) in [5.41, 5.74) is 1.85. The van der Waals surface area contributed by atoms with E-state index in [1.54, 1.807) is 42.5 Å². The van der Waals surface area contributed by atoms with Crippen LogP contribution in [0.15, 0.2) is 48.5 Å². The average molecular weight is 324 g/mol. The minimum atomic E-state index is -0.470. The zero-order chi connectivity index (χ0) is 17.4. The number of amides is 1. The van der Waals surface area contributed by atoms with E-state index in [-0.39, 0.29) is 12.5 Å². The third kappa shape index (κ3) is 4.85. The maximum absolute atomic E-state index is 11.9. The Morgan fingerprint density at radius 3 is 2.58 bits per heavy atom. The predicted molar refractivity (Wildman–Crippen MR) is 87.7 cm³/mol. The van der Waals surface area contributed by atoms with Gasteiger partial charge in [-0.25, -0.2) is 4.79 Å². The number of ether oxygens (including phenoxy) is 2. The van der Waals surface area contributed by atoms with Gasteiger partial charge in [-0.1, -0.05) is 18.2 Å². The van der Waals surface area contributed by atoms with Gasteiger partial charge < -0.3 is 14.8 Å². The van der Waals surface area contributed by atoms with Crippen molar-refractivity contribution in [2.75, 3.05) is 19.0 Å². The van der Waals surface area contributed by atoms with Crippen LogP contribution in [0.3, 0.4) is 0 Å². The molecule has 0 fully saturated rings. The van der Waals surface area contributed by atoms with Crippen molar-refractivity contribution >= 4 is 17.6 Å². The van der Waals surface area contributed by atoms with Crippen molar-refractivity contribution < 1.29 is 19.1 Å². The lowest BCUT2D eigenvalue weighted by Gasteiger charge is -2.08. The highest BCUT2D eigenvalue weighted by molar-refractivity contribution is 5.92. The number of hydrogen-bond donors (Lipinski definition) is 1. The molecule has 6 heteroatoms. The highest BCUT2D eigenvalue weighted by Crippen LogP contribution is 2.14. The van der Waals surface area contributed by atoms with Crippen LogP contribution in [0.2, 0.25) is 0 Å². The third-order valence-electron chi connectivity index (χ3n) is 3.15. The lowest BCUT2D eigenvalue weighted by Crippen LogP contribution is -2.20. The van der Waals surface area contributed by atoms with Crippen LogP contribution in [-0.4, -0.2) is 25.6 Å². The molecule has 24 heavy (non-hydrogen) atoms. The molecular formula is C18H16N2O4. The van der Waals surface area contributed by atoms with E-state index in [2.05, 4.69) is 16.1 Å². The lowest BCUT2D eigenvalue weighted by atomic mass is 10.1. The first kappa shape index (κ1) is 17.0. The van der Waals surface area contributed by atoms with Crippen molar-refractivity contribution in [2.24, 2.45) is 0 Å². The predicted octanol–water partition coefficient (Wildman–Crippen LogP) is 2.56. The van der Waals surface area contributed by atoms with Gasteiger partial charge in [-0.3, -0.25) is 4.79 Å². The monoisotopic (exact) mass is 324 g/mol. The second-order valence-electron chi connectivity index (χ2n) is 4.89. The topological polar surface area (TPSA) is 88.4 Å². The Hall–Kier alpha value is -3.33. The molecule has 0 radical (unpaired) electrons. The van der Waals surface area contributed by atoms with E-state index in [1.165, 1.54) is 13.2 Å². The minimum absolute atomic E-state index is 0.190. The van der Waals surface area contributed by atoms with Gasteiger partial charge in [0.05, 0.1) is 25.2 Å². The Bertz CT molecular complexity index is 763. The molecule has 6 nitrogen and oxygen atoms in total. The fourth-order valence-corrected chi connectivity index (χ4v) is 1.97. The van der Waals surface area contributed by atoms with Crippen molar-refractivity contribution in [3.8, 4) is 11.8 Å². The van der Waals surface area contributed by atoms with Gasteiger partial charge in [0.25, 0.3) is 5.91 Å². The Balaban J connectivity index is 1.89. The summed E-state index contributed by atoms with van der Waals surface area (Å²) in [4.78, 5) is 23.3. The van der Waals surface area contributed by atoms with Crippen LogP contribution in [-0.2, 0) is 16.0 Å². The largest absolute Gasteiger partial charge is 0.484 e. The number of anilines is 1. The van der Waals surface area contributed by atoms with Crippen LogP contribution >= 0.6 is 0 Å². The number of hydrogen-bond acceptors (Lipinski definition) is 5. The molecule has 2 aromatic carbocycles. The van der Waals surface area contributed by atoms with Gasteiger partial charge in [0.15, 0.2) is 6.61 Å². The van der Waals surface area contributed by atoms with Gasteiger partial charge in [0.1, 0.15) is 5.75 Å². The minimum Gasteiger partial charge on any atom is -0.484 e. The number of nitrogens with zero attached hydrogens (tertiary/aromatic N) is 1. The lowest BCUT2D eigenvalue weighted by molar-refractivity contribution is -0.118. The number of nitrogens with one attached hydrogen (secondary N) is 1. The molecule has 0 atom stereocenters. The van der Waals surface area contributed by atoms with Crippen molar-refractivity contribution in [1.82, 2.24) is 0 Å². The highest BCUT2D eigenvalue weighted by Gasteiger charge is 2.08. The molecule has 0 heterocycles. The summed E-state index contributed by atoms with van der Waals surface area (Å²) in [5, 5.41) is 11.3. The van der Waals surface area contributed by atoms with Crippen LogP contribution in [0, 0.1) is 11.3 Å². The van der Waals surface area contributed by atoms with Crippen molar-refractivity contribution in [3.05, 3.63) is 59.7 Å². The fraction of sp³-hybridized carbons (Fsp3) is 0.167. The van der Waals surface area contributed by atoms with Gasteiger partial charge in [-0.2, -0.15) is 5.26 Å². The van der Waals surface area contributed by atoms with Crippen LogP contribution in [0.4, 0.5) is 5.69 Å². The van der Waals surface area contributed by atoms with E-state index < -0.39 is 5.97 Å². The molecule has 0 saturated carbocycles. The maximum Gasteiger partial charge on any atom is 0.337 e. The zero-order valence-corrected chi connectivity index (χ0v) is 13.1. The second-order valence-corrected chi connectivity index (χ2v) is 4.89. The summed E-state index contributed by atoms with van der Waals surface area (Å²) in [6.45, 7) is -0.190. The standard InChI is InChI=1S/C18H16N2O4/c1-23-18(22)14-3-2-4-16(11-14)24-12-17(21)20-15-7-5-13(6-8-15)9-10-19/h2-8,11H,9,12H2,1H3,(H,20,21). The van der Waals surface area contributed by atoms with Gasteiger partial charge in [0, 0.05) is 5.69 Å². The average Bonchev–Trinajstić information content (AvgIpc) is 2.61. The normalized spacial score (nSPS) is 9.67. The first-order valence-electron chi connectivity index (χ1n) is 7.19. The zero-order valence-electron chi connectivity index (χ0n) is 13.1. The van der Waals surface area contributed by atoms with Gasteiger partial charge in [0.2, 0.25) is 0 Å². The summed E-state index contributed by atoms with van der Waals surface area (Å²) in [6, 6.07) is 15.5. The summed E-state index contributed by atoms with van der Waals surface area (Å²) in [5.74, 6) is -0.397. The van der Waals surface area contributed by atoms with E-state index in [0.29, 0.717) is 23.4 Å². The van der Waals surface area contributed by atoms with Crippen molar-refractivity contribution in [2.45, 2.75) is 6.42 Å². The summed E-state index contributed by atoms with van der Waals surface area (Å²) in [6.07, 6.45) is 0.327. The molecule has 0 aliphatic carbocycles. The van der Waals surface area contributed by atoms with E-state index in [0.717, 1.165) is 5.56 Å². The molecule has 0 spiro atoms. The molecule has 0 aliphatic rings. The van der Waals surface area contributed by atoms with Crippen molar-refractivity contribution in [1.29, 1.82) is 5.26 Å². The molecular weight excluding hydrogens is 308 g/mol. The van der Waals surface area contributed by atoms with E-state index >= 15 is 0 Å². The second kappa shape index (κ2) is 8.34. The van der Waals surface area contributed by atoms with Crippen molar-refractivity contribution in [3.63, 3.8) is 0 Å². The molecule has 0 unspecified atom stereocenters. The van der Waals surface area contributed by atoms with Gasteiger partial charge in [-0.15, -0.1) is 0 Å². The number of carbonyl (C=O) groups is 2. The molecule has 0 aromatic heterocycles. The van der Waals surface area contributed by atoms with Crippen LogP contribution < -0.4 is 10.1 Å². The highest BCUT2D eigenvalue weighted by atomic mass is 16.5. The summed E-state index contributed by atoms with van der Waals surface area (Å²) >= 11 is 0. The Kier molecular flexibility index (Phi) is 5.92. The van der Waals surface area contributed by atoms with E-state index in [4.69, 9.17) is 10.00 Å². The van der Waals surface area contributed by atoms with Gasteiger partial charge >= 0.3 is 5.97 Å².